The highest BCUT2D eigenvalue weighted by molar-refractivity contribution is 9.10. The molecule has 0 amide bonds. The Morgan fingerprint density at radius 3 is 2.48 bits per heavy atom. The number of benzene rings is 1. The van der Waals surface area contributed by atoms with Crippen LogP contribution in [-0.4, -0.2) is 17.1 Å². The predicted octanol–water partition coefficient (Wildman–Crippen LogP) is 2.75. The van der Waals surface area contributed by atoms with Crippen molar-refractivity contribution in [2.45, 2.75) is 0 Å². The van der Waals surface area contributed by atoms with Gasteiger partial charge in [-0.25, -0.2) is 0 Å². The third-order valence-corrected chi connectivity index (χ3v) is 3.17. The number of guanidine groups is 1. The quantitative estimate of drug-likeness (QED) is 0.357. The van der Waals surface area contributed by atoms with E-state index in [0.717, 1.165) is 10.0 Å². The Kier molecular flexibility index (Phi) is 5.26. The lowest BCUT2D eigenvalue weighted by Crippen LogP contribution is -2.21. The van der Waals surface area contributed by atoms with E-state index in [2.05, 4.69) is 26.1 Å². The van der Waals surface area contributed by atoms with Crippen molar-refractivity contribution >= 4 is 45.6 Å². The van der Waals surface area contributed by atoms with Crippen LogP contribution < -0.4 is 11.5 Å². The van der Waals surface area contributed by atoms with Gasteiger partial charge < -0.3 is 15.9 Å². The van der Waals surface area contributed by atoms with Crippen LogP contribution in [0, 0.1) is 10.1 Å². The third-order valence-electron chi connectivity index (χ3n) is 2.64. The number of hydrogen-bond acceptors (Lipinski definition) is 5. The van der Waals surface area contributed by atoms with Crippen LogP contribution in [0.2, 0.25) is 0 Å². The molecule has 0 spiro atoms. The average Bonchev–Trinajstić information content (AvgIpc) is 2.95. The highest BCUT2D eigenvalue weighted by Crippen LogP contribution is 2.22. The summed E-state index contributed by atoms with van der Waals surface area (Å²) in [6.45, 7) is 0. The predicted molar refractivity (Wildman–Crippen MR) is 91.7 cm³/mol. The van der Waals surface area contributed by atoms with Gasteiger partial charge in [-0.15, -0.1) is 5.10 Å². The second kappa shape index (κ2) is 7.36. The molecule has 2 rings (SSSR count). The Balaban J connectivity index is 2.40. The van der Waals surface area contributed by atoms with Gasteiger partial charge in [-0.05, 0) is 29.8 Å². The van der Waals surface area contributed by atoms with E-state index in [9.17, 15) is 10.1 Å². The molecule has 1 heterocycles. The van der Waals surface area contributed by atoms with Gasteiger partial charge in [0.15, 0.2) is 0 Å². The van der Waals surface area contributed by atoms with E-state index >= 15 is 0 Å². The average molecular weight is 378 g/mol. The van der Waals surface area contributed by atoms with Crippen molar-refractivity contribution in [3.8, 4) is 0 Å². The second-order valence-corrected chi connectivity index (χ2v) is 5.22. The zero-order valence-corrected chi connectivity index (χ0v) is 13.3. The highest BCUT2D eigenvalue weighted by Gasteiger charge is 2.11. The van der Waals surface area contributed by atoms with Crippen LogP contribution in [0.5, 0.6) is 0 Å². The SMILES string of the molecule is NC(N)=NN=CC(=Cc1ccc([N+](=O)[O-])o1)c1ccc(Br)cc1. The van der Waals surface area contributed by atoms with Crippen LogP contribution in [0.15, 0.2) is 55.5 Å². The molecular weight excluding hydrogens is 366 g/mol. The van der Waals surface area contributed by atoms with Gasteiger partial charge in [-0.1, -0.05) is 28.1 Å². The molecule has 0 unspecified atom stereocenters. The summed E-state index contributed by atoms with van der Waals surface area (Å²) in [5, 5.41) is 18.0. The summed E-state index contributed by atoms with van der Waals surface area (Å²) in [6.07, 6.45) is 3.03. The fraction of sp³-hybridized carbons (Fsp3) is 0. The maximum absolute atomic E-state index is 10.7. The van der Waals surface area contributed by atoms with E-state index in [1.165, 1.54) is 18.3 Å². The number of allylic oxidation sites excluding steroid dienone is 1. The molecule has 0 aliphatic carbocycles. The van der Waals surface area contributed by atoms with E-state index in [0.29, 0.717) is 11.3 Å². The van der Waals surface area contributed by atoms with Gasteiger partial charge in [0, 0.05) is 10.0 Å². The molecule has 0 fully saturated rings. The lowest BCUT2D eigenvalue weighted by atomic mass is 10.1. The minimum atomic E-state index is -0.607. The van der Waals surface area contributed by atoms with Gasteiger partial charge in [0.1, 0.15) is 10.7 Å². The van der Waals surface area contributed by atoms with Gasteiger partial charge in [-0.3, -0.25) is 10.1 Å². The molecule has 0 aliphatic heterocycles. The summed E-state index contributed by atoms with van der Waals surface area (Å²) in [7, 11) is 0. The molecule has 0 saturated heterocycles. The number of nitrogens with zero attached hydrogens (tertiary/aromatic N) is 3. The monoisotopic (exact) mass is 377 g/mol. The van der Waals surface area contributed by atoms with Crippen molar-refractivity contribution < 1.29 is 9.34 Å². The van der Waals surface area contributed by atoms with Crippen LogP contribution in [0.1, 0.15) is 11.3 Å². The van der Waals surface area contributed by atoms with E-state index in [-0.39, 0.29) is 11.8 Å². The van der Waals surface area contributed by atoms with E-state index < -0.39 is 4.92 Å². The molecule has 23 heavy (non-hydrogen) atoms. The minimum Gasteiger partial charge on any atom is -0.401 e. The zero-order valence-electron chi connectivity index (χ0n) is 11.7. The van der Waals surface area contributed by atoms with Crippen molar-refractivity contribution in [1.82, 2.24) is 0 Å². The van der Waals surface area contributed by atoms with Crippen molar-refractivity contribution in [2.75, 3.05) is 0 Å². The van der Waals surface area contributed by atoms with Gasteiger partial charge in [-0.2, -0.15) is 5.10 Å². The maximum atomic E-state index is 10.7. The van der Waals surface area contributed by atoms with Crippen LogP contribution in [0.4, 0.5) is 5.88 Å². The molecule has 118 valence electrons. The summed E-state index contributed by atoms with van der Waals surface area (Å²) in [6, 6.07) is 10.2. The smallest absolute Gasteiger partial charge is 0.401 e. The van der Waals surface area contributed by atoms with Crippen LogP contribution in [0.3, 0.4) is 0 Å². The Morgan fingerprint density at radius 2 is 1.91 bits per heavy atom. The van der Waals surface area contributed by atoms with Crippen LogP contribution in [0.25, 0.3) is 11.6 Å². The summed E-state index contributed by atoms with van der Waals surface area (Å²) in [4.78, 5) is 10.1. The molecule has 9 heteroatoms. The van der Waals surface area contributed by atoms with Crippen molar-refractivity contribution in [3.05, 3.63) is 62.3 Å². The third kappa shape index (κ3) is 4.78. The Bertz CT molecular complexity index is 789. The molecule has 1 aromatic carbocycles. The standard InChI is InChI=1S/C14H12BrN5O3/c15-11-3-1-9(2-4-11)10(8-18-19-14(16)17)7-12-5-6-13(23-12)20(21)22/h1-8H,(H4,16,17,19). The van der Waals surface area contributed by atoms with E-state index in [4.69, 9.17) is 15.9 Å². The Morgan fingerprint density at radius 1 is 1.22 bits per heavy atom. The molecule has 0 aliphatic rings. The number of rotatable bonds is 5. The Labute approximate surface area is 139 Å². The topological polar surface area (TPSA) is 133 Å². The minimum absolute atomic E-state index is 0.176. The van der Waals surface area contributed by atoms with Crippen molar-refractivity contribution in [1.29, 1.82) is 0 Å². The van der Waals surface area contributed by atoms with Gasteiger partial charge >= 0.3 is 5.88 Å². The normalized spacial score (nSPS) is 11.6. The van der Waals surface area contributed by atoms with Gasteiger partial charge in [0.05, 0.1) is 12.3 Å². The van der Waals surface area contributed by atoms with Gasteiger partial charge in [0.25, 0.3) is 0 Å². The molecule has 0 radical (unpaired) electrons. The summed E-state index contributed by atoms with van der Waals surface area (Å²) >= 11 is 3.35. The molecule has 1 aromatic heterocycles. The fourth-order valence-corrected chi connectivity index (χ4v) is 1.93. The van der Waals surface area contributed by atoms with Gasteiger partial charge in [0.2, 0.25) is 5.96 Å². The van der Waals surface area contributed by atoms with Crippen LogP contribution >= 0.6 is 15.9 Å². The van der Waals surface area contributed by atoms with E-state index in [1.807, 2.05) is 24.3 Å². The maximum Gasteiger partial charge on any atom is 0.433 e. The number of furan rings is 1. The molecule has 8 nitrogen and oxygen atoms in total. The summed E-state index contributed by atoms with van der Waals surface area (Å²) < 4.78 is 6.03. The lowest BCUT2D eigenvalue weighted by Gasteiger charge is -2.01. The molecule has 4 N–H and O–H groups in total. The first-order valence-corrected chi connectivity index (χ1v) is 7.09. The number of nitrogens with two attached hydrogens (primary N) is 2. The van der Waals surface area contributed by atoms with Crippen molar-refractivity contribution in [2.24, 2.45) is 21.7 Å². The number of halogens is 1. The van der Waals surface area contributed by atoms with Crippen molar-refractivity contribution in [3.63, 3.8) is 0 Å². The fourth-order valence-electron chi connectivity index (χ4n) is 1.67. The van der Waals surface area contributed by atoms with E-state index in [1.54, 1.807) is 6.08 Å². The number of nitro groups is 1. The molecule has 0 saturated carbocycles. The molecule has 0 bridgehead atoms. The highest BCUT2D eigenvalue weighted by atomic mass is 79.9. The molecule has 2 aromatic rings. The first kappa shape index (κ1) is 16.4. The lowest BCUT2D eigenvalue weighted by molar-refractivity contribution is -0.402. The summed E-state index contributed by atoms with van der Waals surface area (Å²) in [5.74, 6) is -0.205. The molecule has 0 atom stereocenters. The first-order chi connectivity index (χ1) is 11.0. The second-order valence-electron chi connectivity index (χ2n) is 4.31. The molecular formula is C14H12BrN5O3. The zero-order chi connectivity index (χ0) is 16.8. The van der Waals surface area contributed by atoms with Crippen LogP contribution in [-0.2, 0) is 0 Å². The first-order valence-electron chi connectivity index (χ1n) is 6.29. The summed E-state index contributed by atoms with van der Waals surface area (Å²) in [5.41, 5.74) is 11.9. The number of hydrogen-bond donors (Lipinski definition) is 2. The largest absolute Gasteiger partial charge is 0.433 e. The Hall–Kier alpha value is -2.94.